The average molecular weight is 354 g/mol. The van der Waals surface area contributed by atoms with Crippen LogP contribution in [0.1, 0.15) is 23.1 Å². The van der Waals surface area contributed by atoms with Crippen molar-refractivity contribution < 1.29 is 14.4 Å². The molecule has 0 radical (unpaired) electrons. The van der Waals surface area contributed by atoms with Gasteiger partial charge in [0.2, 0.25) is 5.88 Å². The van der Waals surface area contributed by atoms with Crippen LogP contribution in [0.25, 0.3) is 11.3 Å². The Kier molecular flexibility index (Phi) is 5.49. The van der Waals surface area contributed by atoms with Crippen LogP contribution in [0.15, 0.2) is 43.0 Å². The van der Waals surface area contributed by atoms with Crippen LogP contribution in [0.4, 0.5) is 0 Å². The maximum Gasteiger partial charge on any atom is 0.295 e. The second-order valence-corrected chi connectivity index (χ2v) is 5.27. The molecule has 9 nitrogen and oxygen atoms in total. The van der Waals surface area contributed by atoms with E-state index in [0.29, 0.717) is 18.2 Å². The van der Waals surface area contributed by atoms with Crippen LogP contribution >= 0.6 is 0 Å². The number of aryl methyl sites for hydroxylation is 1. The van der Waals surface area contributed by atoms with E-state index in [1.54, 1.807) is 42.5 Å². The van der Waals surface area contributed by atoms with E-state index in [1.165, 1.54) is 6.20 Å². The highest BCUT2D eigenvalue weighted by molar-refractivity contribution is 5.91. The van der Waals surface area contributed by atoms with Crippen molar-refractivity contribution in [2.45, 2.75) is 13.5 Å². The normalized spacial score (nSPS) is 10.5. The van der Waals surface area contributed by atoms with E-state index in [0.717, 1.165) is 11.3 Å². The van der Waals surface area contributed by atoms with E-state index < -0.39 is 5.91 Å². The fourth-order valence-corrected chi connectivity index (χ4v) is 2.15. The third-order valence-electron chi connectivity index (χ3n) is 3.50. The molecule has 9 heteroatoms. The van der Waals surface area contributed by atoms with Gasteiger partial charge in [-0.15, -0.1) is 0 Å². The lowest BCUT2D eigenvalue weighted by atomic mass is 10.2. The first-order valence-corrected chi connectivity index (χ1v) is 7.97. The highest BCUT2D eigenvalue weighted by Crippen LogP contribution is 2.17. The van der Waals surface area contributed by atoms with Gasteiger partial charge in [-0.2, -0.15) is 5.10 Å². The molecule has 0 spiro atoms. The first kappa shape index (κ1) is 17.5. The van der Waals surface area contributed by atoms with Gasteiger partial charge in [-0.1, -0.05) is 0 Å². The quantitative estimate of drug-likeness (QED) is 0.642. The van der Waals surface area contributed by atoms with Gasteiger partial charge in [0.15, 0.2) is 0 Å². The number of rotatable bonds is 7. The van der Waals surface area contributed by atoms with Crippen molar-refractivity contribution >= 4 is 5.91 Å². The Morgan fingerprint density at radius 2 is 2.12 bits per heavy atom. The maximum absolute atomic E-state index is 12.2. The molecule has 3 rings (SSSR count). The van der Waals surface area contributed by atoms with Crippen LogP contribution in [0.2, 0.25) is 0 Å². The van der Waals surface area contributed by atoms with Gasteiger partial charge < -0.3 is 4.74 Å². The van der Waals surface area contributed by atoms with Crippen molar-refractivity contribution in [1.29, 1.82) is 0 Å². The number of pyridine rings is 1. The van der Waals surface area contributed by atoms with Gasteiger partial charge in [-0.05, 0) is 19.1 Å². The van der Waals surface area contributed by atoms with E-state index >= 15 is 0 Å². The number of amides is 1. The highest BCUT2D eigenvalue weighted by atomic mass is 16.7. The van der Waals surface area contributed by atoms with Gasteiger partial charge in [0.25, 0.3) is 5.91 Å². The lowest BCUT2D eigenvalue weighted by Gasteiger charge is -2.07. The van der Waals surface area contributed by atoms with Crippen molar-refractivity contribution in [3.63, 3.8) is 0 Å². The third kappa shape index (κ3) is 4.19. The van der Waals surface area contributed by atoms with E-state index in [1.807, 2.05) is 13.0 Å². The summed E-state index contributed by atoms with van der Waals surface area (Å²) in [5, 5.41) is 4.02. The second-order valence-electron chi connectivity index (χ2n) is 5.27. The fraction of sp³-hybridized carbons (Fsp3) is 0.235. The summed E-state index contributed by atoms with van der Waals surface area (Å²) in [6.07, 6.45) is 6.20. The van der Waals surface area contributed by atoms with Crippen molar-refractivity contribution in [1.82, 2.24) is 30.2 Å². The number of hydroxylamine groups is 1. The summed E-state index contributed by atoms with van der Waals surface area (Å²) in [6, 6.07) is 5.35. The molecule has 1 N–H and O–H groups in total. The first-order valence-electron chi connectivity index (χ1n) is 7.97. The van der Waals surface area contributed by atoms with Gasteiger partial charge in [-0.25, -0.2) is 15.4 Å². The predicted octanol–water partition coefficient (Wildman–Crippen LogP) is 1.53. The summed E-state index contributed by atoms with van der Waals surface area (Å²) in [6.45, 7) is 2.62. The lowest BCUT2D eigenvalue weighted by molar-refractivity contribution is 0.0207. The molecule has 0 aromatic carbocycles. The molecule has 1 amide bonds. The van der Waals surface area contributed by atoms with Crippen LogP contribution in [0.3, 0.4) is 0 Å². The van der Waals surface area contributed by atoms with Gasteiger partial charge in [-0.3, -0.25) is 19.3 Å². The molecule has 26 heavy (non-hydrogen) atoms. The fourth-order valence-electron chi connectivity index (χ4n) is 2.15. The zero-order valence-corrected chi connectivity index (χ0v) is 14.4. The first-order chi connectivity index (χ1) is 12.7. The molecule has 0 fully saturated rings. The SMILES string of the molecule is CCOc1ccc(-c2cncc(C(=O)NOCc3ccnn3C)n2)cn1. The highest BCUT2D eigenvalue weighted by Gasteiger charge is 2.11. The van der Waals surface area contributed by atoms with Crippen LogP contribution < -0.4 is 10.2 Å². The number of hydrogen-bond acceptors (Lipinski definition) is 7. The summed E-state index contributed by atoms with van der Waals surface area (Å²) >= 11 is 0. The minimum atomic E-state index is -0.486. The number of nitrogens with zero attached hydrogens (tertiary/aromatic N) is 5. The number of carbonyl (C=O) groups is 1. The molecule has 134 valence electrons. The molecule has 0 aliphatic rings. The number of carbonyl (C=O) groups excluding carboxylic acids is 1. The van der Waals surface area contributed by atoms with Gasteiger partial charge in [0.05, 0.1) is 30.4 Å². The zero-order valence-electron chi connectivity index (χ0n) is 14.4. The van der Waals surface area contributed by atoms with E-state index in [4.69, 9.17) is 9.57 Å². The predicted molar refractivity (Wildman–Crippen MR) is 91.9 cm³/mol. The molecular weight excluding hydrogens is 336 g/mol. The van der Waals surface area contributed by atoms with Crippen molar-refractivity contribution in [3.05, 3.63) is 54.4 Å². The van der Waals surface area contributed by atoms with E-state index in [-0.39, 0.29) is 12.3 Å². The Bertz CT molecular complexity index is 878. The monoisotopic (exact) mass is 354 g/mol. The molecule has 0 aliphatic carbocycles. The average Bonchev–Trinajstić information content (AvgIpc) is 3.07. The molecule has 0 saturated heterocycles. The van der Waals surface area contributed by atoms with Gasteiger partial charge in [0, 0.05) is 31.1 Å². The smallest absolute Gasteiger partial charge is 0.295 e. The minimum absolute atomic E-state index is 0.140. The number of ether oxygens (including phenoxy) is 1. The summed E-state index contributed by atoms with van der Waals surface area (Å²) in [5.74, 6) is 0.0436. The Labute approximate surface area is 150 Å². The Balaban J connectivity index is 1.64. The molecule has 3 heterocycles. The van der Waals surface area contributed by atoms with Crippen molar-refractivity contribution in [2.24, 2.45) is 7.05 Å². The Morgan fingerprint density at radius 3 is 2.81 bits per heavy atom. The second kappa shape index (κ2) is 8.17. The Morgan fingerprint density at radius 1 is 1.23 bits per heavy atom. The topological polar surface area (TPSA) is 104 Å². The van der Waals surface area contributed by atoms with Crippen molar-refractivity contribution in [2.75, 3.05) is 6.61 Å². The van der Waals surface area contributed by atoms with Crippen molar-refractivity contribution in [3.8, 4) is 17.1 Å². The molecule has 3 aromatic rings. The van der Waals surface area contributed by atoms with E-state index in [2.05, 4.69) is 25.5 Å². The van der Waals surface area contributed by atoms with E-state index in [9.17, 15) is 4.79 Å². The summed E-state index contributed by atoms with van der Waals surface area (Å²) in [5.41, 5.74) is 4.57. The van der Waals surface area contributed by atoms with Gasteiger partial charge in [0.1, 0.15) is 12.3 Å². The summed E-state index contributed by atoms with van der Waals surface area (Å²) in [4.78, 5) is 29.9. The van der Waals surface area contributed by atoms with Crippen LogP contribution in [0, 0.1) is 0 Å². The maximum atomic E-state index is 12.2. The molecule has 3 aromatic heterocycles. The van der Waals surface area contributed by atoms with Crippen LogP contribution in [-0.4, -0.2) is 37.2 Å². The largest absolute Gasteiger partial charge is 0.478 e. The van der Waals surface area contributed by atoms with Gasteiger partial charge >= 0.3 is 0 Å². The van der Waals surface area contributed by atoms with Crippen LogP contribution in [0.5, 0.6) is 5.88 Å². The number of nitrogens with one attached hydrogen (secondary N) is 1. The lowest BCUT2D eigenvalue weighted by Crippen LogP contribution is -2.25. The molecule has 0 saturated carbocycles. The zero-order chi connectivity index (χ0) is 18.4. The molecule has 0 unspecified atom stereocenters. The molecule has 0 bridgehead atoms. The number of aromatic nitrogens is 5. The molecule has 0 aliphatic heterocycles. The summed E-state index contributed by atoms with van der Waals surface area (Å²) < 4.78 is 6.97. The molecule has 0 atom stereocenters. The third-order valence-corrected chi connectivity index (χ3v) is 3.50. The molecular formula is C17H18N6O3. The standard InChI is InChI=1S/C17H18N6O3/c1-3-25-16-5-4-12(8-19-16)14-9-18-10-15(21-14)17(24)22-26-11-13-6-7-20-23(13)2/h4-10H,3,11H2,1-2H3,(H,22,24). The summed E-state index contributed by atoms with van der Waals surface area (Å²) in [7, 11) is 1.79. The minimum Gasteiger partial charge on any atom is -0.478 e. The Hall–Kier alpha value is -3.33. The number of hydrogen-bond donors (Lipinski definition) is 1. The van der Waals surface area contributed by atoms with Crippen LogP contribution in [-0.2, 0) is 18.5 Å².